The van der Waals surface area contributed by atoms with Crippen molar-refractivity contribution >= 4 is 16.7 Å². The van der Waals surface area contributed by atoms with E-state index in [1.165, 1.54) is 0 Å². The van der Waals surface area contributed by atoms with E-state index in [2.05, 4.69) is 10.2 Å². The molecule has 0 fully saturated rings. The Hall–Kier alpha value is -2.95. The van der Waals surface area contributed by atoms with Crippen LogP contribution >= 0.6 is 0 Å². The molecule has 0 aliphatic heterocycles. The molecule has 0 radical (unpaired) electrons. The van der Waals surface area contributed by atoms with Crippen molar-refractivity contribution in [2.75, 3.05) is 0 Å². The van der Waals surface area contributed by atoms with Crippen molar-refractivity contribution in [3.63, 3.8) is 0 Å². The van der Waals surface area contributed by atoms with Crippen LogP contribution < -0.4 is 11.3 Å². The van der Waals surface area contributed by atoms with E-state index in [4.69, 9.17) is 5.73 Å². The Balaban J connectivity index is 2.30. The second-order valence-electron chi connectivity index (χ2n) is 4.39. The predicted octanol–water partition coefficient (Wildman–Crippen LogP) is 1.69. The molecule has 0 spiro atoms. The number of fused-ring (bicyclic) bond motifs is 1. The largest absolute Gasteiger partial charge is 0.366 e. The van der Waals surface area contributed by atoms with Crippen LogP contribution in [-0.4, -0.2) is 16.1 Å². The van der Waals surface area contributed by atoms with Gasteiger partial charge in [-0.05, 0) is 18.2 Å². The second kappa shape index (κ2) is 4.62. The van der Waals surface area contributed by atoms with Crippen LogP contribution in [0, 0.1) is 0 Å². The number of carbonyl (C=O) groups excluding carboxylic acids is 1. The monoisotopic (exact) mass is 265 g/mol. The smallest absolute Gasteiger partial charge is 0.272 e. The number of hydrogen-bond donors (Lipinski definition) is 2. The number of H-pyrrole nitrogens is 1. The molecule has 0 atom stereocenters. The molecule has 3 N–H and O–H groups in total. The highest BCUT2D eigenvalue weighted by molar-refractivity contribution is 5.97. The molecule has 1 amide bonds. The molecule has 0 unspecified atom stereocenters. The first-order chi connectivity index (χ1) is 9.66. The van der Waals surface area contributed by atoms with Gasteiger partial charge in [-0.15, -0.1) is 0 Å². The maximum Gasteiger partial charge on any atom is 0.272 e. The number of nitrogens with zero attached hydrogens (tertiary/aromatic N) is 1. The Kier molecular flexibility index (Phi) is 2.80. The van der Waals surface area contributed by atoms with E-state index in [1.807, 2.05) is 18.2 Å². The summed E-state index contributed by atoms with van der Waals surface area (Å²) < 4.78 is 0. The summed E-state index contributed by atoms with van der Waals surface area (Å²) in [6.45, 7) is 0. The number of nitrogens with one attached hydrogen (secondary N) is 1. The Morgan fingerprint density at radius 3 is 2.55 bits per heavy atom. The van der Waals surface area contributed by atoms with Gasteiger partial charge in [-0.2, -0.15) is 5.10 Å². The number of benzene rings is 2. The lowest BCUT2D eigenvalue weighted by molar-refractivity contribution is 0.100. The highest BCUT2D eigenvalue weighted by atomic mass is 16.1. The van der Waals surface area contributed by atoms with E-state index in [1.54, 1.807) is 30.3 Å². The number of rotatable bonds is 2. The van der Waals surface area contributed by atoms with Gasteiger partial charge in [0.2, 0.25) is 5.91 Å². The van der Waals surface area contributed by atoms with Crippen LogP contribution in [0.25, 0.3) is 22.0 Å². The molecule has 5 nitrogen and oxygen atoms in total. The van der Waals surface area contributed by atoms with Crippen LogP contribution in [-0.2, 0) is 0 Å². The summed E-state index contributed by atoms with van der Waals surface area (Å²) in [6, 6.07) is 14.0. The minimum Gasteiger partial charge on any atom is -0.366 e. The minimum absolute atomic E-state index is 0.240. The number of aromatic nitrogens is 2. The molecular formula is C15H11N3O2. The van der Waals surface area contributed by atoms with E-state index in [9.17, 15) is 9.59 Å². The summed E-state index contributed by atoms with van der Waals surface area (Å²) in [6.07, 6.45) is 0. The van der Waals surface area contributed by atoms with Crippen LogP contribution in [0.3, 0.4) is 0 Å². The first kappa shape index (κ1) is 12.1. The van der Waals surface area contributed by atoms with Gasteiger partial charge >= 0.3 is 0 Å². The second-order valence-corrected chi connectivity index (χ2v) is 4.39. The molecule has 0 saturated heterocycles. The maximum absolute atomic E-state index is 11.7. The van der Waals surface area contributed by atoms with Gasteiger partial charge in [0.1, 0.15) is 0 Å². The molecule has 5 heteroatoms. The van der Waals surface area contributed by atoms with E-state index in [-0.39, 0.29) is 5.56 Å². The van der Waals surface area contributed by atoms with Crippen molar-refractivity contribution in [3.05, 3.63) is 64.4 Å². The van der Waals surface area contributed by atoms with Gasteiger partial charge in [0.25, 0.3) is 5.56 Å². The van der Waals surface area contributed by atoms with Crippen molar-refractivity contribution in [2.24, 2.45) is 5.73 Å². The van der Waals surface area contributed by atoms with Gasteiger partial charge in [0.05, 0.1) is 11.1 Å². The first-order valence-electron chi connectivity index (χ1n) is 6.04. The Bertz CT molecular complexity index is 868. The van der Waals surface area contributed by atoms with Crippen molar-refractivity contribution in [2.45, 2.75) is 0 Å². The fourth-order valence-electron chi connectivity index (χ4n) is 2.15. The fourth-order valence-corrected chi connectivity index (χ4v) is 2.15. The van der Waals surface area contributed by atoms with Crippen molar-refractivity contribution in [3.8, 4) is 11.3 Å². The standard InChI is InChI=1S/C15H11N3O2/c16-14(19)10-5-3-4-9(8-10)13-11-6-1-2-7-12(11)15(20)18-17-13/h1-8H,(H2,16,19)(H,18,20). The molecule has 3 aromatic rings. The third-order valence-corrected chi connectivity index (χ3v) is 3.12. The molecule has 0 bridgehead atoms. The van der Waals surface area contributed by atoms with Gasteiger partial charge < -0.3 is 5.73 Å². The van der Waals surface area contributed by atoms with Crippen LogP contribution in [0.15, 0.2) is 53.3 Å². The summed E-state index contributed by atoms with van der Waals surface area (Å²) in [5.74, 6) is -0.499. The van der Waals surface area contributed by atoms with Crippen LogP contribution in [0.5, 0.6) is 0 Å². The van der Waals surface area contributed by atoms with Gasteiger partial charge in [-0.1, -0.05) is 30.3 Å². The molecule has 1 heterocycles. The minimum atomic E-state index is -0.499. The lowest BCUT2D eigenvalue weighted by Gasteiger charge is -2.06. The Morgan fingerprint density at radius 1 is 1.05 bits per heavy atom. The highest BCUT2D eigenvalue weighted by Gasteiger charge is 2.09. The molecule has 3 rings (SSSR count). The molecule has 0 aliphatic rings. The quantitative estimate of drug-likeness (QED) is 0.739. The molecular weight excluding hydrogens is 254 g/mol. The fraction of sp³-hybridized carbons (Fsp3) is 0. The summed E-state index contributed by atoms with van der Waals surface area (Å²) in [5.41, 5.74) is 6.79. The van der Waals surface area contributed by atoms with Crippen molar-refractivity contribution in [1.82, 2.24) is 10.2 Å². The van der Waals surface area contributed by atoms with E-state index >= 15 is 0 Å². The third-order valence-electron chi connectivity index (χ3n) is 3.12. The van der Waals surface area contributed by atoms with Crippen molar-refractivity contribution in [1.29, 1.82) is 0 Å². The first-order valence-corrected chi connectivity index (χ1v) is 6.04. The number of carbonyl (C=O) groups is 1. The van der Waals surface area contributed by atoms with E-state index < -0.39 is 5.91 Å². The van der Waals surface area contributed by atoms with Gasteiger partial charge in [-0.25, -0.2) is 5.10 Å². The summed E-state index contributed by atoms with van der Waals surface area (Å²) in [4.78, 5) is 23.0. The molecule has 1 aromatic heterocycles. The lowest BCUT2D eigenvalue weighted by Crippen LogP contribution is -2.11. The van der Waals surface area contributed by atoms with E-state index in [0.29, 0.717) is 16.6 Å². The Morgan fingerprint density at radius 2 is 1.80 bits per heavy atom. The zero-order valence-electron chi connectivity index (χ0n) is 10.5. The van der Waals surface area contributed by atoms with Gasteiger partial charge in [0.15, 0.2) is 0 Å². The lowest BCUT2D eigenvalue weighted by atomic mass is 10.0. The van der Waals surface area contributed by atoms with Gasteiger partial charge in [-0.3, -0.25) is 9.59 Å². The predicted molar refractivity (Wildman–Crippen MR) is 76.3 cm³/mol. The molecule has 0 saturated carbocycles. The number of nitrogens with two attached hydrogens (primary N) is 1. The van der Waals surface area contributed by atoms with Crippen molar-refractivity contribution < 1.29 is 4.79 Å². The number of primary amides is 1. The summed E-state index contributed by atoms with van der Waals surface area (Å²) >= 11 is 0. The summed E-state index contributed by atoms with van der Waals surface area (Å²) in [5, 5.41) is 7.85. The normalized spacial score (nSPS) is 10.6. The van der Waals surface area contributed by atoms with Crippen LogP contribution in [0.4, 0.5) is 0 Å². The number of hydrogen-bond acceptors (Lipinski definition) is 3. The zero-order valence-corrected chi connectivity index (χ0v) is 10.5. The molecule has 20 heavy (non-hydrogen) atoms. The summed E-state index contributed by atoms with van der Waals surface area (Å²) in [7, 11) is 0. The van der Waals surface area contributed by atoms with Crippen LogP contribution in [0.1, 0.15) is 10.4 Å². The average molecular weight is 265 g/mol. The molecule has 98 valence electrons. The zero-order chi connectivity index (χ0) is 14.1. The number of aromatic amines is 1. The Labute approximate surface area is 114 Å². The SMILES string of the molecule is NC(=O)c1cccc(-c2n[nH]c(=O)c3ccccc23)c1. The maximum atomic E-state index is 11.7. The van der Waals surface area contributed by atoms with E-state index in [0.717, 1.165) is 10.9 Å². The highest BCUT2D eigenvalue weighted by Crippen LogP contribution is 2.24. The van der Waals surface area contributed by atoms with Crippen LogP contribution in [0.2, 0.25) is 0 Å². The topological polar surface area (TPSA) is 88.8 Å². The van der Waals surface area contributed by atoms with Gasteiger partial charge in [0, 0.05) is 16.5 Å². The average Bonchev–Trinajstić information content (AvgIpc) is 2.48. The molecule has 2 aromatic carbocycles. The number of amides is 1. The third kappa shape index (κ3) is 1.95. The molecule has 0 aliphatic carbocycles.